The Morgan fingerprint density at radius 3 is 2.85 bits per heavy atom. The first kappa shape index (κ1) is 14.8. The topological polar surface area (TPSA) is 29.5 Å². The number of likely N-dealkylation sites (tertiary alicyclic amines) is 1. The Kier molecular flexibility index (Phi) is 5.36. The number of para-hydroxylation sites is 1. The maximum atomic E-state index is 12.0. The van der Waals surface area contributed by atoms with Crippen LogP contribution in [0.1, 0.15) is 32.3 Å². The number of likely N-dealkylation sites (N-methyl/N-ethyl adjacent to an activating group) is 1. The minimum atomic E-state index is 0.264. The molecule has 0 bridgehead atoms. The SMILES string of the molecule is CCCOc1ccccc1/C=C1\CN(CC)CCC1=O. The van der Waals surface area contributed by atoms with Crippen molar-refractivity contribution in [1.29, 1.82) is 0 Å². The summed E-state index contributed by atoms with van der Waals surface area (Å²) in [6.45, 7) is 7.53. The van der Waals surface area contributed by atoms with Gasteiger partial charge in [-0.3, -0.25) is 9.69 Å². The molecule has 1 fully saturated rings. The minimum absolute atomic E-state index is 0.264. The van der Waals surface area contributed by atoms with Crippen molar-refractivity contribution < 1.29 is 9.53 Å². The van der Waals surface area contributed by atoms with Gasteiger partial charge < -0.3 is 4.74 Å². The molecule has 1 aliphatic heterocycles. The van der Waals surface area contributed by atoms with Crippen LogP contribution in [0.3, 0.4) is 0 Å². The molecule has 1 aromatic rings. The third-order valence-electron chi connectivity index (χ3n) is 3.56. The summed E-state index contributed by atoms with van der Waals surface area (Å²) in [5.41, 5.74) is 1.90. The number of carbonyl (C=O) groups excluding carboxylic acids is 1. The van der Waals surface area contributed by atoms with Gasteiger partial charge in [-0.2, -0.15) is 0 Å². The van der Waals surface area contributed by atoms with Crippen LogP contribution in [0, 0.1) is 0 Å². The Bertz CT molecular complexity index is 494. The number of rotatable bonds is 5. The Balaban J connectivity index is 2.22. The van der Waals surface area contributed by atoms with Crippen LogP contribution < -0.4 is 4.74 Å². The van der Waals surface area contributed by atoms with Crippen molar-refractivity contribution >= 4 is 11.9 Å². The van der Waals surface area contributed by atoms with E-state index in [1.807, 2.05) is 30.3 Å². The summed E-state index contributed by atoms with van der Waals surface area (Å²) in [6.07, 6.45) is 3.60. The van der Waals surface area contributed by atoms with E-state index in [0.29, 0.717) is 13.0 Å². The summed E-state index contributed by atoms with van der Waals surface area (Å²) in [5.74, 6) is 1.13. The molecule has 1 aliphatic rings. The molecule has 0 N–H and O–H groups in total. The minimum Gasteiger partial charge on any atom is -0.493 e. The van der Waals surface area contributed by atoms with Crippen molar-refractivity contribution in [2.45, 2.75) is 26.7 Å². The van der Waals surface area contributed by atoms with E-state index >= 15 is 0 Å². The fourth-order valence-electron chi connectivity index (χ4n) is 2.36. The van der Waals surface area contributed by atoms with E-state index in [2.05, 4.69) is 18.7 Å². The van der Waals surface area contributed by atoms with Crippen LogP contribution in [-0.2, 0) is 4.79 Å². The number of benzene rings is 1. The van der Waals surface area contributed by atoms with Gasteiger partial charge in [0.2, 0.25) is 0 Å². The lowest BCUT2D eigenvalue weighted by Crippen LogP contribution is -2.35. The molecular weight excluding hydrogens is 250 g/mol. The normalized spacial score (nSPS) is 18.5. The highest BCUT2D eigenvalue weighted by Gasteiger charge is 2.20. The predicted octanol–water partition coefficient (Wildman–Crippen LogP) is 3.15. The number of ether oxygens (including phenoxy) is 1. The largest absolute Gasteiger partial charge is 0.493 e. The number of carbonyl (C=O) groups is 1. The quantitative estimate of drug-likeness (QED) is 0.772. The van der Waals surface area contributed by atoms with E-state index in [-0.39, 0.29) is 5.78 Å². The van der Waals surface area contributed by atoms with Gasteiger partial charge in [-0.05, 0) is 25.1 Å². The van der Waals surface area contributed by atoms with E-state index in [1.54, 1.807) is 0 Å². The van der Waals surface area contributed by atoms with Crippen molar-refractivity contribution in [2.24, 2.45) is 0 Å². The molecule has 3 nitrogen and oxygen atoms in total. The molecule has 0 radical (unpaired) electrons. The molecule has 0 unspecified atom stereocenters. The number of nitrogens with zero attached hydrogens (tertiary/aromatic N) is 1. The molecule has 3 heteroatoms. The average molecular weight is 273 g/mol. The molecule has 1 aromatic carbocycles. The van der Waals surface area contributed by atoms with Crippen LogP contribution in [0.2, 0.25) is 0 Å². The zero-order chi connectivity index (χ0) is 14.4. The second-order valence-corrected chi connectivity index (χ2v) is 5.10. The summed E-state index contributed by atoms with van der Waals surface area (Å²) in [6, 6.07) is 7.92. The van der Waals surface area contributed by atoms with Crippen molar-refractivity contribution in [3.8, 4) is 5.75 Å². The monoisotopic (exact) mass is 273 g/mol. The highest BCUT2D eigenvalue weighted by atomic mass is 16.5. The first-order valence-corrected chi connectivity index (χ1v) is 7.42. The lowest BCUT2D eigenvalue weighted by molar-refractivity contribution is -0.117. The summed E-state index contributed by atoms with van der Waals surface area (Å²) in [5, 5.41) is 0. The van der Waals surface area contributed by atoms with E-state index in [4.69, 9.17) is 4.74 Å². The number of piperidine rings is 1. The second-order valence-electron chi connectivity index (χ2n) is 5.10. The molecule has 108 valence electrons. The Morgan fingerprint density at radius 2 is 2.10 bits per heavy atom. The van der Waals surface area contributed by atoms with Gasteiger partial charge in [0.25, 0.3) is 0 Å². The molecule has 0 atom stereocenters. The van der Waals surface area contributed by atoms with Crippen LogP contribution in [0.15, 0.2) is 29.8 Å². The number of hydrogen-bond donors (Lipinski definition) is 0. The molecule has 0 aromatic heterocycles. The maximum absolute atomic E-state index is 12.0. The van der Waals surface area contributed by atoms with E-state index in [1.165, 1.54) is 0 Å². The second kappa shape index (κ2) is 7.25. The Hall–Kier alpha value is -1.61. The third-order valence-corrected chi connectivity index (χ3v) is 3.56. The highest BCUT2D eigenvalue weighted by molar-refractivity contribution is 6.01. The Morgan fingerprint density at radius 1 is 1.30 bits per heavy atom. The molecule has 0 saturated carbocycles. The van der Waals surface area contributed by atoms with Crippen molar-refractivity contribution in [2.75, 3.05) is 26.2 Å². The van der Waals surface area contributed by atoms with Gasteiger partial charge in [-0.1, -0.05) is 32.0 Å². The number of ketones is 1. The van der Waals surface area contributed by atoms with E-state index in [0.717, 1.165) is 42.9 Å². The molecule has 2 rings (SSSR count). The molecule has 0 aliphatic carbocycles. The summed E-state index contributed by atoms with van der Waals surface area (Å²) in [7, 11) is 0. The standard InChI is InChI=1S/C17H23NO2/c1-3-11-20-17-8-6-5-7-14(17)12-15-13-18(4-2)10-9-16(15)19/h5-8,12H,3-4,9-11,13H2,1-2H3/b15-12+. The molecule has 1 heterocycles. The lowest BCUT2D eigenvalue weighted by Gasteiger charge is -2.26. The fraction of sp³-hybridized carbons (Fsp3) is 0.471. The summed E-state index contributed by atoms with van der Waals surface area (Å²) >= 11 is 0. The van der Waals surface area contributed by atoms with Gasteiger partial charge in [0.05, 0.1) is 6.61 Å². The summed E-state index contributed by atoms with van der Waals surface area (Å²) < 4.78 is 5.75. The van der Waals surface area contributed by atoms with Crippen LogP contribution >= 0.6 is 0 Å². The van der Waals surface area contributed by atoms with Gasteiger partial charge in [-0.15, -0.1) is 0 Å². The van der Waals surface area contributed by atoms with E-state index in [9.17, 15) is 4.79 Å². The third kappa shape index (κ3) is 3.70. The molecular formula is C17H23NO2. The average Bonchev–Trinajstić information content (AvgIpc) is 2.48. The summed E-state index contributed by atoms with van der Waals surface area (Å²) in [4.78, 5) is 14.3. The van der Waals surface area contributed by atoms with Crippen molar-refractivity contribution in [1.82, 2.24) is 4.90 Å². The van der Waals surface area contributed by atoms with Crippen LogP contribution in [0.4, 0.5) is 0 Å². The van der Waals surface area contributed by atoms with Crippen LogP contribution in [0.5, 0.6) is 5.75 Å². The van der Waals surface area contributed by atoms with Gasteiger partial charge in [0, 0.05) is 30.6 Å². The first-order chi connectivity index (χ1) is 9.74. The fourth-order valence-corrected chi connectivity index (χ4v) is 2.36. The highest BCUT2D eigenvalue weighted by Crippen LogP contribution is 2.23. The van der Waals surface area contributed by atoms with Crippen LogP contribution in [-0.4, -0.2) is 36.9 Å². The predicted molar refractivity (Wildman–Crippen MR) is 81.9 cm³/mol. The number of hydrogen-bond acceptors (Lipinski definition) is 3. The Labute approximate surface area is 121 Å². The van der Waals surface area contributed by atoms with Gasteiger partial charge >= 0.3 is 0 Å². The zero-order valence-electron chi connectivity index (χ0n) is 12.4. The zero-order valence-corrected chi connectivity index (χ0v) is 12.4. The van der Waals surface area contributed by atoms with Crippen LogP contribution in [0.25, 0.3) is 6.08 Å². The first-order valence-electron chi connectivity index (χ1n) is 7.42. The van der Waals surface area contributed by atoms with Gasteiger partial charge in [-0.25, -0.2) is 0 Å². The number of Topliss-reactive ketones (excluding diaryl/α,β-unsaturated/α-hetero) is 1. The van der Waals surface area contributed by atoms with E-state index < -0.39 is 0 Å². The van der Waals surface area contributed by atoms with Crippen molar-refractivity contribution in [3.63, 3.8) is 0 Å². The van der Waals surface area contributed by atoms with Crippen molar-refractivity contribution in [3.05, 3.63) is 35.4 Å². The van der Waals surface area contributed by atoms with Gasteiger partial charge in [0.1, 0.15) is 5.75 Å². The lowest BCUT2D eigenvalue weighted by atomic mass is 10.00. The molecule has 0 amide bonds. The maximum Gasteiger partial charge on any atom is 0.161 e. The van der Waals surface area contributed by atoms with Gasteiger partial charge in [0.15, 0.2) is 5.78 Å². The molecule has 20 heavy (non-hydrogen) atoms. The molecule has 0 spiro atoms. The molecule has 1 saturated heterocycles. The smallest absolute Gasteiger partial charge is 0.161 e.